The zero-order valence-corrected chi connectivity index (χ0v) is 15.3. The fourth-order valence-electron chi connectivity index (χ4n) is 4.53. The van der Waals surface area contributed by atoms with Crippen LogP contribution in [0.5, 0.6) is 0 Å². The lowest BCUT2D eigenvalue weighted by Gasteiger charge is -2.38. The van der Waals surface area contributed by atoms with Gasteiger partial charge in [0.1, 0.15) is 0 Å². The molecule has 0 radical (unpaired) electrons. The Hall–Kier alpha value is -1.68. The molecule has 1 aromatic rings. The van der Waals surface area contributed by atoms with Crippen LogP contribution >= 0.6 is 0 Å². The summed E-state index contributed by atoms with van der Waals surface area (Å²) in [4.78, 5) is 26.0. The van der Waals surface area contributed by atoms with Gasteiger partial charge in [0.2, 0.25) is 5.91 Å². The Labute approximate surface area is 144 Å². The molecule has 0 atom stereocenters. The maximum absolute atomic E-state index is 12.0. The number of amides is 1. The van der Waals surface area contributed by atoms with Crippen molar-refractivity contribution in [2.75, 3.05) is 19.6 Å². The highest BCUT2D eigenvalue weighted by Gasteiger charge is 2.40. The topological polar surface area (TPSA) is 49.4 Å². The van der Waals surface area contributed by atoms with Gasteiger partial charge in [-0.3, -0.25) is 14.5 Å². The number of hydrogen-bond donors (Lipinski definition) is 1. The molecular weight excluding hydrogens is 300 g/mol. The Bertz CT molecular complexity index is 685. The molecule has 2 saturated heterocycles. The number of carbonyl (C=O) groups excluding carboxylic acids is 2. The largest absolute Gasteiger partial charge is 0.356 e. The molecule has 4 nitrogen and oxygen atoms in total. The van der Waals surface area contributed by atoms with Crippen molar-refractivity contribution >= 4 is 11.7 Å². The van der Waals surface area contributed by atoms with Crippen LogP contribution in [0.3, 0.4) is 0 Å². The van der Waals surface area contributed by atoms with Crippen LogP contribution in [0.25, 0.3) is 0 Å². The average molecular weight is 328 g/mol. The highest BCUT2D eigenvalue weighted by Crippen LogP contribution is 2.38. The van der Waals surface area contributed by atoms with Gasteiger partial charge in [-0.1, -0.05) is 6.07 Å². The minimum absolute atomic E-state index is 0.152. The third-order valence-corrected chi connectivity index (χ3v) is 5.98. The minimum Gasteiger partial charge on any atom is -0.356 e. The van der Waals surface area contributed by atoms with Crippen molar-refractivity contribution < 1.29 is 9.59 Å². The van der Waals surface area contributed by atoms with E-state index in [4.69, 9.17) is 0 Å². The lowest BCUT2D eigenvalue weighted by atomic mass is 9.77. The number of nitrogens with zero attached hydrogens (tertiary/aromatic N) is 1. The first-order valence-corrected chi connectivity index (χ1v) is 8.91. The van der Waals surface area contributed by atoms with Crippen molar-refractivity contribution in [1.82, 2.24) is 10.2 Å². The number of hydrogen-bond acceptors (Lipinski definition) is 3. The molecule has 0 aliphatic carbocycles. The average Bonchev–Trinajstić information content (AvgIpc) is 2.86. The molecule has 1 aromatic carbocycles. The van der Waals surface area contributed by atoms with E-state index in [1.807, 2.05) is 6.92 Å². The molecular formula is C20H28N2O2. The highest BCUT2D eigenvalue weighted by atomic mass is 16.2. The number of aryl methyl sites for hydroxylation is 2. The highest BCUT2D eigenvalue weighted by molar-refractivity contribution is 5.97. The monoisotopic (exact) mass is 328 g/mol. The Balaban J connectivity index is 1.75. The summed E-state index contributed by atoms with van der Waals surface area (Å²) in [6, 6.07) is 2.14. The van der Waals surface area contributed by atoms with E-state index in [1.54, 1.807) is 6.92 Å². The fraction of sp³-hybridized carbons (Fsp3) is 0.600. The van der Waals surface area contributed by atoms with Gasteiger partial charge in [-0.15, -0.1) is 0 Å². The van der Waals surface area contributed by atoms with Crippen LogP contribution in [0.4, 0.5) is 0 Å². The Morgan fingerprint density at radius 3 is 2.42 bits per heavy atom. The summed E-state index contributed by atoms with van der Waals surface area (Å²) in [5.41, 5.74) is 5.85. The molecule has 1 amide bonds. The van der Waals surface area contributed by atoms with Crippen LogP contribution < -0.4 is 5.32 Å². The second kappa shape index (κ2) is 6.32. The molecule has 0 saturated carbocycles. The molecule has 2 aliphatic rings. The van der Waals surface area contributed by atoms with E-state index in [0.717, 1.165) is 55.7 Å². The van der Waals surface area contributed by atoms with Crippen molar-refractivity contribution in [2.24, 2.45) is 5.41 Å². The zero-order valence-electron chi connectivity index (χ0n) is 15.3. The number of Topliss-reactive ketones (excluding diaryl/α,β-unsaturated/α-hetero) is 1. The Kier molecular flexibility index (Phi) is 4.52. The molecule has 2 fully saturated rings. The van der Waals surface area contributed by atoms with E-state index < -0.39 is 0 Å². The number of rotatable bonds is 3. The number of piperidine rings is 1. The van der Waals surface area contributed by atoms with Gasteiger partial charge in [-0.05, 0) is 81.3 Å². The SMILES string of the molecule is CC(=O)c1c(C)cc(C)c(CN2CCC3(CC2)CNC(=O)C3)c1C. The van der Waals surface area contributed by atoms with Crippen molar-refractivity contribution in [3.8, 4) is 0 Å². The van der Waals surface area contributed by atoms with Gasteiger partial charge in [0.05, 0.1) is 0 Å². The summed E-state index contributed by atoms with van der Waals surface area (Å²) in [6.45, 7) is 11.7. The summed E-state index contributed by atoms with van der Waals surface area (Å²) in [5, 5.41) is 2.99. The van der Waals surface area contributed by atoms with E-state index in [9.17, 15) is 9.59 Å². The van der Waals surface area contributed by atoms with Crippen LogP contribution in [0, 0.1) is 26.2 Å². The Morgan fingerprint density at radius 2 is 1.88 bits per heavy atom. The maximum atomic E-state index is 12.0. The summed E-state index contributed by atoms with van der Waals surface area (Å²) in [7, 11) is 0. The summed E-state index contributed by atoms with van der Waals surface area (Å²) >= 11 is 0. The van der Waals surface area contributed by atoms with Gasteiger partial charge in [0.25, 0.3) is 0 Å². The summed E-state index contributed by atoms with van der Waals surface area (Å²) in [5.74, 6) is 0.360. The van der Waals surface area contributed by atoms with Crippen LogP contribution in [0.1, 0.15) is 58.8 Å². The maximum Gasteiger partial charge on any atom is 0.220 e. The molecule has 0 unspecified atom stereocenters. The predicted molar refractivity (Wildman–Crippen MR) is 95.2 cm³/mol. The number of ketones is 1. The first kappa shape index (κ1) is 17.2. The second-order valence-corrected chi connectivity index (χ2v) is 7.77. The lowest BCUT2D eigenvalue weighted by molar-refractivity contribution is -0.119. The molecule has 24 heavy (non-hydrogen) atoms. The van der Waals surface area contributed by atoms with Crippen molar-refractivity contribution in [3.63, 3.8) is 0 Å². The molecule has 1 N–H and O–H groups in total. The lowest BCUT2D eigenvalue weighted by Crippen LogP contribution is -2.41. The fourth-order valence-corrected chi connectivity index (χ4v) is 4.53. The first-order valence-electron chi connectivity index (χ1n) is 8.91. The number of likely N-dealkylation sites (tertiary alicyclic amines) is 1. The van der Waals surface area contributed by atoms with Crippen molar-refractivity contribution in [2.45, 2.75) is 53.5 Å². The van der Waals surface area contributed by atoms with Crippen LogP contribution in [0.2, 0.25) is 0 Å². The van der Waals surface area contributed by atoms with E-state index in [0.29, 0.717) is 6.42 Å². The molecule has 0 aromatic heterocycles. The number of nitrogens with one attached hydrogen (secondary N) is 1. The van der Waals surface area contributed by atoms with E-state index in [-0.39, 0.29) is 17.1 Å². The molecule has 4 heteroatoms. The minimum atomic E-state index is 0.152. The zero-order chi connectivity index (χ0) is 17.5. The van der Waals surface area contributed by atoms with Gasteiger partial charge < -0.3 is 5.32 Å². The molecule has 1 spiro atoms. The second-order valence-electron chi connectivity index (χ2n) is 7.77. The quantitative estimate of drug-likeness (QED) is 0.868. The number of benzene rings is 1. The molecule has 2 aliphatic heterocycles. The van der Waals surface area contributed by atoms with E-state index in [1.165, 1.54) is 11.1 Å². The normalized spacial score (nSPS) is 20.4. The van der Waals surface area contributed by atoms with Crippen LogP contribution in [0.15, 0.2) is 6.07 Å². The van der Waals surface area contributed by atoms with Crippen LogP contribution in [-0.4, -0.2) is 36.2 Å². The first-order chi connectivity index (χ1) is 11.3. The van der Waals surface area contributed by atoms with Crippen LogP contribution in [-0.2, 0) is 11.3 Å². The van der Waals surface area contributed by atoms with Crippen molar-refractivity contribution in [3.05, 3.63) is 33.9 Å². The van der Waals surface area contributed by atoms with Gasteiger partial charge in [0.15, 0.2) is 5.78 Å². The van der Waals surface area contributed by atoms with Gasteiger partial charge >= 0.3 is 0 Å². The standard InChI is InChI=1S/C20H28N2O2/c1-13-9-14(2)19(16(4)23)15(3)17(13)11-22-7-5-20(6-8-22)10-18(24)21-12-20/h9H,5-8,10-12H2,1-4H3,(H,21,24). The Morgan fingerprint density at radius 1 is 1.21 bits per heavy atom. The van der Waals surface area contributed by atoms with Gasteiger partial charge in [-0.25, -0.2) is 0 Å². The molecule has 2 heterocycles. The molecule has 0 bridgehead atoms. The third-order valence-electron chi connectivity index (χ3n) is 5.98. The molecule has 3 rings (SSSR count). The van der Waals surface area contributed by atoms with Gasteiger partial charge in [0, 0.05) is 25.1 Å². The number of carbonyl (C=O) groups is 2. The summed E-state index contributed by atoms with van der Waals surface area (Å²) in [6.07, 6.45) is 2.85. The van der Waals surface area contributed by atoms with E-state index in [2.05, 4.69) is 30.1 Å². The predicted octanol–water partition coefficient (Wildman–Crippen LogP) is 2.92. The van der Waals surface area contributed by atoms with E-state index >= 15 is 0 Å². The third kappa shape index (κ3) is 3.12. The summed E-state index contributed by atoms with van der Waals surface area (Å²) < 4.78 is 0. The molecule has 130 valence electrons. The smallest absolute Gasteiger partial charge is 0.220 e. The van der Waals surface area contributed by atoms with Gasteiger partial charge in [-0.2, -0.15) is 0 Å². The van der Waals surface area contributed by atoms with Crippen molar-refractivity contribution in [1.29, 1.82) is 0 Å².